The molecule has 2 aromatic rings. The van der Waals surface area contributed by atoms with Gasteiger partial charge in [0, 0.05) is 42.8 Å². The molecule has 1 atom stereocenters. The van der Waals surface area contributed by atoms with Gasteiger partial charge in [-0.3, -0.25) is 14.5 Å². The van der Waals surface area contributed by atoms with Crippen LogP contribution in [0.15, 0.2) is 48.5 Å². The van der Waals surface area contributed by atoms with Crippen LogP contribution >= 0.6 is 23.2 Å². The second-order valence-electron chi connectivity index (χ2n) is 7.87. The maximum Gasteiger partial charge on any atom is 0.242 e. The van der Waals surface area contributed by atoms with Gasteiger partial charge in [0.1, 0.15) is 6.04 Å². The van der Waals surface area contributed by atoms with Gasteiger partial charge in [0.25, 0.3) is 0 Å². The maximum atomic E-state index is 13.2. The van der Waals surface area contributed by atoms with E-state index in [1.54, 1.807) is 36.1 Å². The molecule has 0 aromatic heterocycles. The normalized spacial score (nSPS) is 15.2. The highest BCUT2D eigenvalue weighted by atomic mass is 35.5. The van der Waals surface area contributed by atoms with Crippen molar-refractivity contribution in [2.24, 2.45) is 0 Å². The summed E-state index contributed by atoms with van der Waals surface area (Å²) in [5.74, 6) is -0.296. The number of carbonyl (C=O) groups excluding carboxylic acids is 2. The summed E-state index contributed by atoms with van der Waals surface area (Å²) < 4.78 is 5.35. The summed E-state index contributed by atoms with van der Waals surface area (Å²) >= 11 is 12.0. The van der Waals surface area contributed by atoms with Gasteiger partial charge in [0.15, 0.2) is 0 Å². The number of ether oxygens (including phenoxy) is 1. The molecule has 172 valence electrons. The van der Waals surface area contributed by atoms with Crippen molar-refractivity contribution >= 4 is 35.0 Å². The second kappa shape index (κ2) is 12.2. The van der Waals surface area contributed by atoms with Crippen LogP contribution in [0.3, 0.4) is 0 Å². The topological polar surface area (TPSA) is 61.9 Å². The minimum absolute atomic E-state index is 0.127. The molecule has 1 aliphatic heterocycles. The zero-order valence-corrected chi connectivity index (χ0v) is 19.7. The first-order valence-electron chi connectivity index (χ1n) is 10.8. The number of halogens is 2. The lowest BCUT2D eigenvalue weighted by molar-refractivity contribution is -0.140. The summed E-state index contributed by atoms with van der Waals surface area (Å²) in [6.07, 6.45) is 0.191. The van der Waals surface area contributed by atoms with Gasteiger partial charge in [-0.25, -0.2) is 0 Å². The van der Waals surface area contributed by atoms with Crippen molar-refractivity contribution in [3.63, 3.8) is 0 Å². The quantitative estimate of drug-likeness (QED) is 0.600. The molecule has 1 heterocycles. The van der Waals surface area contributed by atoms with Gasteiger partial charge >= 0.3 is 0 Å². The highest BCUT2D eigenvalue weighted by molar-refractivity contribution is 6.30. The predicted molar refractivity (Wildman–Crippen MR) is 127 cm³/mol. The first kappa shape index (κ1) is 24.5. The molecule has 2 amide bonds. The SMILES string of the molecule is CC(C(=O)NCCN1CCOCC1)N(Cc1ccc(Cl)cc1)C(=O)Cc1ccc(Cl)cc1. The van der Waals surface area contributed by atoms with E-state index in [0.29, 0.717) is 23.1 Å². The van der Waals surface area contributed by atoms with Gasteiger partial charge in [-0.1, -0.05) is 47.5 Å². The molecule has 2 aromatic carbocycles. The van der Waals surface area contributed by atoms with Gasteiger partial charge in [-0.05, 0) is 42.3 Å². The predicted octanol–water partition coefficient (Wildman–Crippen LogP) is 3.40. The third kappa shape index (κ3) is 7.48. The van der Waals surface area contributed by atoms with Crippen LogP contribution in [0.25, 0.3) is 0 Å². The summed E-state index contributed by atoms with van der Waals surface area (Å²) in [6, 6.07) is 13.9. The Bertz CT molecular complexity index is 884. The van der Waals surface area contributed by atoms with Crippen LogP contribution in [-0.2, 0) is 27.3 Å². The van der Waals surface area contributed by atoms with Gasteiger partial charge in [0.2, 0.25) is 11.8 Å². The number of hydrogen-bond acceptors (Lipinski definition) is 4. The van der Waals surface area contributed by atoms with E-state index in [2.05, 4.69) is 10.2 Å². The van der Waals surface area contributed by atoms with Crippen molar-refractivity contribution in [1.29, 1.82) is 0 Å². The Kier molecular flexibility index (Phi) is 9.36. The average molecular weight is 478 g/mol. The van der Waals surface area contributed by atoms with Crippen LogP contribution in [0.2, 0.25) is 10.0 Å². The van der Waals surface area contributed by atoms with Gasteiger partial charge in [0.05, 0.1) is 19.6 Å². The Morgan fingerprint density at radius 3 is 2.16 bits per heavy atom. The Morgan fingerprint density at radius 1 is 1.00 bits per heavy atom. The fourth-order valence-electron chi connectivity index (χ4n) is 3.56. The fraction of sp³-hybridized carbons (Fsp3) is 0.417. The minimum atomic E-state index is -0.616. The van der Waals surface area contributed by atoms with Gasteiger partial charge in [-0.2, -0.15) is 0 Å². The summed E-state index contributed by atoms with van der Waals surface area (Å²) in [7, 11) is 0. The highest BCUT2D eigenvalue weighted by Crippen LogP contribution is 2.16. The molecule has 6 nitrogen and oxygen atoms in total. The molecule has 8 heteroatoms. The maximum absolute atomic E-state index is 13.2. The largest absolute Gasteiger partial charge is 0.379 e. The molecule has 1 unspecified atom stereocenters. The van der Waals surface area contributed by atoms with Crippen LogP contribution in [0.5, 0.6) is 0 Å². The summed E-state index contributed by atoms with van der Waals surface area (Å²) in [4.78, 5) is 30.0. The smallest absolute Gasteiger partial charge is 0.242 e. The van der Waals surface area contributed by atoms with Crippen LogP contribution in [0.4, 0.5) is 0 Å². The first-order valence-corrected chi connectivity index (χ1v) is 11.5. The van der Waals surface area contributed by atoms with Gasteiger partial charge < -0.3 is 15.0 Å². The number of morpholine rings is 1. The molecule has 32 heavy (non-hydrogen) atoms. The lowest BCUT2D eigenvalue weighted by atomic mass is 10.1. The number of carbonyl (C=O) groups is 2. The number of hydrogen-bond donors (Lipinski definition) is 1. The van der Waals surface area contributed by atoms with Crippen molar-refractivity contribution in [2.75, 3.05) is 39.4 Å². The zero-order valence-electron chi connectivity index (χ0n) is 18.2. The third-order valence-corrected chi connectivity index (χ3v) is 6.04. The summed E-state index contributed by atoms with van der Waals surface area (Å²) in [6.45, 7) is 6.56. The van der Waals surface area contributed by atoms with Crippen molar-refractivity contribution < 1.29 is 14.3 Å². The van der Waals surface area contributed by atoms with E-state index in [0.717, 1.165) is 44.0 Å². The van der Waals surface area contributed by atoms with E-state index >= 15 is 0 Å². The van der Waals surface area contributed by atoms with Crippen molar-refractivity contribution in [3.8, 4) is 0 Å². The molecular formula is C24H29Cl2N3O3. The Morgan fingerprint density at radius 2 is 1.56 bits per heavy atom. The van der Waals surface area contributed by atoms with E-state index in [-0.39, 0.29) is 18.2 Å². The molecule has 0 spiro atoms. The molecule has 1 saturated heterocycles. The number of benzene rings is 2. The van der Waals surface area contributed by atoms with E-state index < -0.39 is 6.04 Å². The molecule has 1 fully saturated rings. The Hall–Kier alpha value is -2.12. The van der Waals surface area contributed by atoms with Crippen molar-refractivity contribution in [1.82, 2.24) is 15.1 Å². The highest BCUT2D eigenvalue weighted by Gasteiger charge is 2.26. The number of nitrogens with one attached hydrogen (secondary N) is 1. The van der Waals surface area contributed by atoms with E-state index in [4.69, 9.17) is 27.9 Å². The second-order valence-corrected chi connectivity index (χ2v) is 8.75. The van der Waals surface area contributed by atoms with Crippen LogP contribution in [-0.4, -0.2) is 67.0 Å². The van der Waals surface area contributed by atoms with Crippen molar-refractivity contribution in [3.05, 3.63) is 69.7 Å². The Labute approximate surface area is 199 Å². The Balaban J connectivity index is 1.65. The van der Waals surface area contributed by atoms with Crippen molar-refractivity contribution in [2.45, 2.75) is 25.9 Å². The summed E-state index contributed by atoms with van der Waals surface area (Å²) in [5, 5.41) is 4.22. The fourth-order valence-corrected chi connectivity index (χ4v) is 3.81. The average Bonchev–Trinajstić information content (AvgIpc) is 2.80. The standard InChI is InChI=1S/C24H29Cl2N3O3/c1-18(24(31)27-10-11-28-12-14-32-15-13-28)29(17-20-4-8-22(26)9-5-20)23(30)16-19-2-6-21(25)7-3-19/h2-9,18H,10-17H2,1H3,(H,27,31). The van der Waals surface area contributed by atoms with E-state index in [9.17, 15) is 9.59 Å². The number of nitrogens with zero attached hydrogens (tertiary/aromatic N) is 2. The van der Waals surface area contributed by atoms with Gasteiger partial charge in [-0.15, -0.1) is 0 Å². The molecule has 0 saturated carbocycles. The molecule has 1 aliphatic rings. The number of amides is 2. The lowest BCUT2D eigenvalue weighted by Crippen LogP contribution is -2.49. The molecule has 0 radical (unpaired) electrons. The van der Waals surface area contributed by atoms with Crippen LogP contribution in [0, 0.1) is 0 Å². The lowest BCUT2D eigenvalue weighted by Gasteiger charge is -2.30. The van der Waals surface area contributed by atoms with Crippen LogP contribution < -0.4 is 5.32 Å². The molecule has 0 aliphatic carbocycles. The number of rotatable bonds is 9. The molecular weight excluding hydrogens is 449 g/mol. The molecule has 3 rings (SSSR count). The minimum Gasteiger partial charge on any atom is -0.379 e. The zero-order chi connectivity index (χ0) is 22.9. The molecule has 0 bridgehead atoms. The van der Waals surface area contributed by atoms with Crippen LogP contribution in [0.1, 0.15) is 18.1 Å². The molecule has 1 N–H and O–H groups in total. The van der Waals surface area contributed by atoms with E-state index in [1.165, 1.54) is 0 Å². The first-order chi connectivity index (χ1) is 15.4. The summed E-state index contributed by atoms with van der Waals surface area (Å²) in [5.41, 5.74) is 1.76. The third-order valence-electron chi connectivity index (χ3n) is 5.53. The monoisotopic (exact) mass is 477 g/mol. The van der Waals surface area contributed by atoms with E-state index in [1.807, 2.05) is 24.3 Å².